The molecule has 0 unspecified atom stereocenters. The van der Waals surface area contributed by atoms with Crippen LogP contribution in [0.25, 0.3) is 0 Å². The molecule has 0 saturated heterocycles. The zero-order valence-electron chi connectivity index (χ0n) is 12.0. The number of benzene rings is 2. The summed E-state index contributed by atoms with van der Waals surface area (Å²) >= 11 is 0. The fourth-order valence-electron chi connectivity index (χ4n) is 2.17. The minimum Gasteiger partial charge on any atom is -0.409 e. The quantitative estimate of drug-likeness (QED) is 0.350. The van der Waals surface area contributed by atoms with Gasteiger partial charge < -0.3 is 16.3 Å². The van der Waals surface area contributed by atoms with Crippen molar-refractivity contribution in [1.29, 1.82) is 0 Å². The van der Waals surface area contributed by atoms with Crippen molar-refractivity contribution in [2.24, 2.45) is 10.9 Å². The minimum absolute atomic E-state index is 0.0948. The summed E-state index contributed by atoms with van der Waals surface area (Å²) in [4.78, 5) is 0. The van der Waals surface area contributed by atoms with E-state index in [4.69, 9.17) is 10.9 Å². The summed E-state index contributed by atoms with van der Waals surface area (Å²) in [6, 6.07) is 10.8. The van der Waals surface area contributed by atoms with Crippen LogP contribution in [0.15, 0.2) is 41.6 Å². The molecular formula is C16H18FN3O. The van der Waals surface area contributed by atoms with Gasteiger partial charge in [0.2, 0.25) is 0 Å². The van der Waals surface area contributed by atoms with Gasteiger partial charge in [0.25, 0.3) is 0 Å². The highest BCUT2D eigenvalue weighted by atomic mass is 19.1. The third kappa shape index (κ3) is 3.31. The number of halogens is 1. The number of nitrogens with two attached hydrogens (primary N) is 1. The molecule has 0 aliphatic rings. The number of anilines is 1. The molecule has 0 aliphatic carbocycles. The Morgan fingerprint density at radius 2 is 2.05 bits per heavy atom. The topological polar surface area (TPSA) is 70.6 Å². The first-order valence-corrected chi connectivity index (χ1v) is 6.59. The zero-order chi connectivity index (χ0) is 15.4. The van der Waals surface area contributed by atoms with Gasteiger partial charge in [-0.3, -0.25) is 0 Å². The van der Waals surface area contributed by atoms with E-state index in [2.05, 4.69) is 16.5 Å². The fourth-order valence-corrected chi connectivity index (χ4v) is 2.17. The predicted octanol–water partition coefficient (Wildman–Crippen LogP) is 3.15. The molecule has 2 rings (SSSR count). The number of nitrogens with one attached hydrogen (secondary N) is 1. The van der Waals surface area contributed by atoms with Crippen LogP contribution in [0.1, 0.15) is 22.3 Å². The lowest BCUT2D eigenvalue weighted by Crippen LogP contribution is -2.16. The Hall–Kier alpha value is -2.56. The third-order valence-corrected chi connectivity index (χ3v) is 3.31. The van der Waals surface area contributed by atoms with E-state index < -0.39 is 5.82 Å². The Morgan fingerprint density at radius 1 is 1.29 bits per heavy atom. The minimum atomic E-state index is -0.481. The molecule has 5 heteroatoms. The first-order chi connectivity index (χ1) is 10.0. The maximum absolute atomic E-state index is 14.3. The lowest BCUT2D eigenvalue weighted by atomic mass is 10.1. The van der Waals surface area contributed by atoms with Crippen molar-refractivity contribution < 1.29 is 9.60 Å². The lowest BCUT2D eigenvalue weighted by Gasteiger charge is -2.12. The van der Waals surface area contributed by atoms with Gasteiger partial charge in [0.15, 0.2) is 5.84 Å². The van der Waals surface area contributed by atoms with Crippen LogP contribution in [0.3, 0.4) is 0 Å². The molecule has 0 spiro atoms. The van der Waals surface area contributed by atoms with Crippen LogP contribution in [-0.4, -0.2) is 11.0 Å². The Bertz CT molecular complexity index is 683. The van der Waals surface area contributed by atoms with Gasteiger partial charge in [0.1, 0.15) is 5.82 Å². The summed E-state index contributed by atoms with van der Waals surface area (Å²) in [5.74, 6) is -0.717. The second-order valence-corrected chi connectivity index (χ2v) is 4.94. The van der Waals surface area contributed by atoms with Crippen LogP contribution in [0.4, 0.5) is 10.1 Å². The fraction of sp³-hybridized carbons (Fsp3) is 0.188. The number of hydrogen-bond acceptors (Lipinski definition) is 3. The molecule has 4 nitrogen and oxygen atoms in total. The molecule has 110 valence electrons. The van der Waals surface area contributed by atoms with Crippen LogP contribution in [-0.2, 0) is 6.54 Å². The van der Waals surface area contributed by atoms with E-state index in [1.165, 1.54) is 11.6 Å². The van der Waals surface area contributed by atoms with Crippen LogP contribution < -0.4 is 11.1 Å². The van der Waals surface area contributed by atoms with Crippen molar-refractivity contribution in [3.05, 3.63) is 64.5 Å². The van der Waals surface area contributed by atoms with Gasteiger partial charge in [0, 0.05) is 17.8 Å². The summed E-state index contributed by atoms with van der Waals surface area (Å²) in [7, 11) is 0. The second-order valence-electron chi connectivity index (χ2n) is 4.94. The smallest absolute Gasteiger partial charge is 0.173 e. The maximum Gasteiger partial charge on any atom is 0.173 e. The first kappa shape index (κ1) is 14.8. The Labute approximate surface area is 123 Å². The average Bonchev–Trinajstić information content (AvgIpc) is 2.47. The van der Waals surface area contributed by atoms with Gasteiger partial charge in [0.05, 0.1) is 5.56 Å². The SMILES string of the molecule is Cc1ccc(NCc2cccc(/C(N)=N/O)c2F)c(C)c1. The highest BCUT2D eigenvalue weighted by Crippen LogP contribution is 2.19. The van der Waals surface area contributed by atoms with E-state index in [1.807, 2.05) is 26.0 Å². The predicted molar refractivity (Wildman–Crippen MR) is 82.2 cm³/mol. The van der Waals surface area contributed by atoms with Gasteiger partial charge in [-0.2, -0.15) is 0 Å². The van der Waals surface area contributed by atoms with E-state index in [1.54, 1.807) is 12.1 Å². The van der Waals surface area contributed by atoms with Gasteiger partial charge >= 0.3 is 0 Å². The van der Waals surface area contributed by atoms with Crippen molar-refractivity contribution in [2.45, 2.75) is 20.4 Å². The molecule has 0 fully saturated rings. The van der Waals surface area contributed by atoms with Gasteiger partial charge in [-0.05, 0) is 31.5 Å². The second kappa shape index (κ2) is 6.26. The van der Waals surface area contributed by atoms with Crippen LogP contribution in [0.5, 0.6) is 0 Å². The van der Waals surface area contributed by atoms with Crippen LogP contribution in [0, 0.1) is 19.7 Å². The third-order valence-electron chi connectivity index (χ3n) is 3.31. The van der Waals surface area contributed by atoms with E-state index in [0.717, 1.165) is 11.3 Å². The van der Waals surface area contributed by atoms with Crippen LogP contribution in [0.2, 0.25) is 0 Å². The Kier molecular flexibility index (Phi) is 4.42. The molecule has 0 atom stereocenters. The van der Waals surface area contributed by atoms with E-state index in [0.29, 0.717) is 12.1 Å². The highest BCUT2D eigenvalue weighted by Gasteiger charge is 2.11. The number of rotatable bonds is 4. The summed E-state index contributed by atoms with van der Waals surface area (Å²) in [6.07, 6.45) is 0. The summed E-state index contributed by atoms with van der Waals surface area (Å²) in [5, 5.41) is 14.7. The largest absolute Gasteiger partial charge is 0.409 e. The van der Waals surface area contributed by atoms with Crippen molar-refractivity contribution in [3.63, 3.8) is 0 Å². The molecule has 2 aromatic carbocycles. The molecule has 0 heterocycles. The Balaban J connectivity index is 2.21. The molecule has 0 amide bonds. The molecule has 0 radical (unpaired) electrons. The molecule has 4 N–H and O–H groups in total. The Morgan fingerprint density at radius 3 is 2.71 bits per heavy atom. The summed E-state index contributed by atoms with van der Waals surface area (Å²) < 4.78 is 14.3. The normalized spacial score (nSPS) is 11.5. The number of nitrogens with zero attached hydrogens (tertiary/aromatic N) is 1. The highest BCUT2D eigenvalue weighted by molar-refractivity contribution is 5.97. The van der Waals surface area contributed by atoms with E-state index in [-0.39, 0.29) is 11.4 Å². The van der Waals surface area contributed by atoms with Gasteiger partial charge in [-0.25, -0.2) is 4.39 Å². The molecule has 0 aromatic heterocycles. The number of oxime groups is 1. The lowest BCUT2D eigenvalue weighted by molar-refractivity contribution is 0.318. The standard InChI is InChI=1S/C16H18FN3O/c1-10-6-7-14(11(2)8-10)19-9-12-4-3-5-13(15(12)17)16(18)20-21/h3-8,19,21H,9H2,1-2H3,(H2,18,20). The summed E-state index contributed by atoms with van der Waals surface area (Å²) in [5.41, 5.74) is 9.24. The number of aryl methyl sites for hydroxylation is 2. The van der Waals surface area contributed by atoms with Crippen molar-refractivity contribution in [1.82, 2.24) is 0 Å². The molecule has 0 bridgehead atoms. The maximum atomic E-state index is 14.3. The molecule has 2 aromatic rings. The first-order valence-electron chi connectivity index (χ1n) is 6.59. The van der Waals surface area contributed by atoms with Crippen LogP contribution >= 0.6 is 0 Å². The van der Waals surface area contributed by atoms with Crippen molar-refractivity contribution in [2.75, 3.05) is 5.32 Å². The molecule has 0 saturated carbocycles. The summed E-state index contributed by atoms with van der Waals surface area (Å²) in [6.45, 7) is 4.34. The number of amidine groups is 1. The van der Waals surface area contributed by atoms with Crippen molar-refractivity contribution >= 4 is 11.5 Å². The van der Waals surface area contributed by atoms with Gasteiger partial charge in [-0.1, -0.05) is 35.0 Å². The van der Waals surface area contributed by atoms with Gasteiger partial charge in [-0.15, -0.1) is 0 Å². The number of hydrogen-bond donors (Lipinski definition) is 3. The van der Waals surface area contributed by atoms with E-state index >= 15 is 0 Å². The molecular weight excluding hydrogens is 269 g/mol. The van der Waals surface area contributed by atoms with Crippen molar-refractivity contribution in [3.8, 4) is 0 Å². The average molecular weight is 287 g/mol. The monoisotopic (exact) mass is 287 g/mol. The van der Waals surface area contributed by atoms with E-state index in [9.17, 15) is 4.39 Å². The molecule has 21 heavy (non-hydrogen) atoms. The molecule has 0 aliphatic heterocycles. The zero-order valence-corrected chi connectivity index (χ0v) is 12.0.